The molecule has 0 fully saturated rings. The van der Waals surface area contributed by atoms with Gasteiger partial charge in [-0.15, -0.1) is 16.4 Å². The number of aromatic nitrogens is 2. The van der Waals surface area contributed by atoms with Crippen LogP contribution in [0.25, 0.3) is 0 Å². The van der Waals surface area contributed by atoms with Crippen molar-refractivity contribution in [2.24, 2.45) is 5.73 Å². The van der Waals surface area contributed by atoms with Crippen molar-refractivity contribution >= 4 is 38.8 Å². The molecule has 0 amide bonds. The van der Waals surface area contributed by atoms with Crippen LogP contribution in [0.3, 0.4) is 0 Å². The molecule has 0 aliphatic carbocycles. The number of nitrogens with two attached hydrogens (primary N) is 1. The van der Waals surface area contributed by atoms with Gasteiger partial charge in [0.1, 0.15) is 0 Å². The van der Waals surface area contributed by atoms with Crippen LogP contribution >= 0.6 is 38.8 Å². The van der Waals surface area contributed by atoms with Crippen molar-refractivity contribution in [2.75, 3.05) is 0 Å². The van der Waals surface area contributed by atoms with Crippen molar-refractivity contribution in [1.82, 2.24) is 9.59 Å². The molecule has 1 atom stereocenters. The first-order valence-corrected chi connectivity index (χ1v) is 6.98. The molecule has 2 aromatic heterocycles. The Morgan fingerprint density at radius 1 is 1.53 bits per heavy atom. The highest BCUT2D eigenvalue weighted by Crippen LogP contribution is 2.33. The summed E-state index contributed by atoms with van der Waals surface area (Å²) >= 11 is 6.54. The smallest absolute Gasteiger partial charge is 0.0804 e. The van der Waals surface area contributed by atoms with Gasteiger partial charge in [-0.05, 0) is 45.3 Å². The van der Waals surface area contributed by atoms with Crippen LogP contribution in [0.2, 0.25) is 0 Å². The number of hydrogen-bond acceptors (Lipinski definition) is 5. The Bertz CT molecular complexity index is 452. The van der Waals surface area contributed by atoms with Gasteiger partial charge in [0.2, 0.25) is 0 Å². The topological polar surface area (TPSA) is 51.8 Å². The lowest BCUT2D eigenvalue weighted by atomic mass is 10.1. The first kappa shape index (κ1) is 11.2. The largest absolute Gasteiger partial charge is 0.319 e. The van der Waals surface area contributed by atoms with E-state index in [9.17, 15) is 0 Å². The van der Waals surface area contributed by atoms with Gasteiger partial charge in [-0.1, -0.05) is 11.4 Å². The summed E-state index contributed by atoms with van der Waals surface area (Å²) in [5, 5.41) is 6.10. The number of nitrogens with zero attached hydrogens (tertiary/aromatic N) is 2. The Hall–Kier alpha value is -0.300. The van der Waals surface area contributed by atoms with Gasteiger partial charge in [-0.2, -0.15) is 0 Å². The molecule has 3 nitrogen and oxygen atoms in total. The van der Waals surface area contributed by atoms with Crippen molar-refractivity contribution in [1.29, 1.82) is 0 Å². The minimum absolute atomic E-state index is 0.102. The molecule has 0 bridgehead atoms. The molecule has 0 spiro atoms. The number of hydrogen-bond donors (Lipinski definition) is 1. The summed E-state index contributed by atoms with van der Waals surface area (Å²) < 4.78 is 5.02. The molecule has 2 rings (SSSR count). The average Bonchev–Trinajstić information content (AvgIpc) is 2.84. The van der Waals surface area contributed by atoms with E-state index in [0.29, 0.717) is 0 Å². The van der Waals surface area contributed by atoms with Gasteiger partial charge < -0.3 is 5.73 Å². The van der Waals surface area contributed by atoms with Gasteiger partial charge in [0.05, 0.1) is 16.6 Å². The van der Waals surface area contributed by atoms with Crippen LogP contribution in [-0.2, 0) is 6.42 Å². The van der Waals surface area contributed by atoms with Gasteiger partial charge in [0, 0.05) is 9.35 Å². The molecule has 2 aromatic rings. The summed E-state index contributed by atoms with van der Waals surface area (Å²) in [7, 11) is 0. The van der Waals surface area contributed by atoms with E-state index in [-0.39, 0.29) is 6.04 Å². The molecule has 0 aromatic carbocycles. The van der Waals surface area contributed by atoms with Gasteiger partial charge >= 0.3 is 0 Å². The Morgan fingerprint density at radius 2 is 2.33 bits per heavy atom. The Kier molecular flexibility index (Phi) is 3.50. The number of thiophene rings is 1. The summed E-state index contributed by atoms with van der Waals surface area (Å²) in [6.07, 6.45) is 0.878. The minimum atomic E-state index is -0.102. The SMILES string of the molecule is CCc1nnsc1C(N)c1sccc1Br. The van der Waals surface area contributed by atoms with E-state index in [1.165, 1.54) is 11.5 Å². The normalized spacial score (nSPS) is 13.0. The molecule has 6 heteroatoms. The molecule has 2 N–H and O–H groups in total. The van der Waals surface area contributed by atoms with Crippen LogP contribution in [0.5, 0.6) is 0 Å². The maximum absolute atomic E-state index is 6.19. The monoisotopic (exact) mass is 303 g/mol. The number of halogens is 1. The molecule has 1 unspecified atom stereocenters. The minimum Gasteiger partial charge on any atom is -0.319 e. The molecule has 0 aliphatic heterocycles. The van der Waals surface area contributed by atoms with E-state index < -0.39 is 0 Å². The van der Waals surface area contributed by atoms with Gasteiger partial charge in [-0.3, -0.25) is 0 Å². The first-order valence-electron chi connectivity index (χ1n) is 4.53. The zero-order valence-electron chi connectivity index (χ0n) is 8.11. The van der Waals surface area contributed by atoms with E-state index in [4.69, 9.17) is 5.73 Å². The Balaban J connectivity index is 2.36. The lowest BCUT2D eigenvalue weighted by Gasteiger charge is -2.08. The molecule has 15 heavy (non-hydrogen) atoms. The number of aryl methyl sites for hydroxylation is 1. The third-order valence-electron chi connectivity index (χ3n) is 2.13. The summed E-state index contributed by atoms with van der Waals surface area (Å²) in [6, 6.07) is 1.91. The lowest BCUT2D eigenvalue weighted by molar-refractivity contribution is 0.866. The van der Waals surface area contributed by atoms with Crippen LogP contribution in [0.15, 0.2) is 15.9 Å². The van der Waals surface area contributed by atoms with Crippen LogP contribution in [0.1, 0.15) is 28.4 Å². The summed E-state index contributed by atoms with van der Waals surface area (Å²) in [5.74, 6) is 0. The predicted octanol–water partition coefficient (Wildman–Crippen LogP) is 2.97. The zero-order chi connectivity index (χ0) is 10.8. The van der Waals surface area contributed by atoms with Crippen LogP contribution in [-0.4, -0.2) is 9.59 Å². The third kappa shape index (κ3) is 2.13. The first-order chi connectivity index (χ1) is 7.24. The summed E-state index contributed by atoms with van der Waals surface area (Å²) in [4.78, 5) is 2.21. The second-order valence-corrected chi connectivity index (χ2v) is 5.64. The maximum Gasteiger partial charge on any atom is 0.0804 e. The molecule has 0 saturated heterocycles. The molecular weight excluding hydrogens is 294 g/mol. The van der Waals surface area contributed by atoms with Crippen molar-refractivity contribution < 1.29 is 0 Å². The second kappa shape index (κ2) is 4.69. The molecule has 0 radical (unpaired) electrons. The van der Waals surface area contributed by atoms with Crippen molar-refractivity contribution in [3.63, 3.8) is 0 Å². The van der Waals surface area contributed by atoms with Crippen LogP contribution < -0.4 is 5.73 Å². The maximum atomic E-state index is 6.19. The standard InChI is InChI=1S/C9H10BrN3S2/c1-2-6-9(15-13-12-6)7(11)8-5(10)3-4-14-8/h3-4,7H,2,11H2,1H3. The molecule has 2 heterocycles. The highest BCUT2D eigenvalue weighted by molar-refractivity contribution is 9.10. The van der Waals surface area contributed by atoms with Gasteiger partial charge in [0.15, 0.2) is 0 Å². The lowest BCUT2D eigenvalue weighted by Crippen LogP contribution is -2.11. The fourth-order valence-corrected chi connectivity index (χ4v) is 3.80. The van der Waals surface area contributed by atoms with Crippen molar-refractivity contribution in [3.8, 4) is 0 Å². The second-order valence-electron chi connectivity index (χ2n) is 3.05. The van der Waals surface area contributed by atoms with Crippen LogP contribution in [0, 0.1) is 0 Å². The quantitative estimate of drug-likeness (QED) is 0.948. The molecule has 0 aliphatic rings. The Morgan fingerprint density at radius 3 is 2.93 bits per heavy atom. The zero-order valence-corrected chi connectivity index (χ0v) is 11.3. The Labute approximate surface area is 105 Å². The van der Waals surface area contributed by atoms with E-state index in [1.54, 1.807) is 11.3 Å². The molecule has 0 saturated carbocycles. The van der Waals surface area contributed by atoms with Crippen molar-refractivity contribution in [3.05, 3.63) is 31.4 Å². The van der Waals surface area contributed by atoms with E-state index in [1.807, 2.05) is 11.4 Å². The average molecular weight is 304 g/mol. The molecular formula is C9H10BrN3S2. The van der Waals surface area contributed by atoms with Gasteiger partial charge in [-0.25, -0.2) is 0 Å². The van der Waals surface area contributed by atoms with Gasteiger partial charge in [0.25, 0.3) is 0 Å². The van der Waals surface area contributed by atoms with E-state index in [2.05, 4.69) is 32.4 Å². The van der Waals surface area contributed by atoms with E-state index in [0.717, 1.165) is 26.3 Å². The van der Waals surface area contributed by atoms with E-state index >= 15 is 0 Å². The fraction of sp³-hybridized carbons (Fsp3) is 0.333. The van der Waals surface area contributed by atoms with Crippen LogP contribution in [0.4, 0.5) is 0 Å². The summed E-state index contributed by atoms with van der Waals surface area (Å²) in [6.45, 7) is 2.07. The predicted molar refractivity (Wildman–Crippen MR) is 67.3 cm³/mol. The fourth-order valence-electron chi connectivity index (χ4n) is 1.34. The highest BCUT2D eigenvalue weighted by Gasteiger charge is 2.19. The third-order valence-corrected chi connectivity index (χ3v) is 4.93. The highest BCUT2D eigenvalue weighted by atomic mass is 79.9. The summed E-state index contributed by atoms with van der Waals surface area (Å²) in [5.41, 5.74) is 7.20. The number of rotatable bonds is 3. The molecule has 80 valence electrons. The van der Waals surface area contributed by atoms with Crippen molar-refractivity contribution in [2.45, 2.75) is 19.4 Å².